The largest absolute Gasteiger partial charge is 0.457 e. The van der Waals surface area contributed by atoms with E-state index in [2.05, 4.69) is 37.3 Å². The summed E-state index contributed by atoms with van der Waals surface area (Å²) >= 11 is 0. The van der Waals surface area contributed by atoms with Gasteiger partial charge in [-0.2, -0.15) is 5.10 Å². The van der Waals surface area contributed by atoms with Crippen molar-refractivity contribution in [2.45, 2.75) is 25.8 Å². The molecular formula is C28H27N9O2. The van der Waals surface area contributed by atoms with Crippen molar-refractivity contribution in [1.82, 2.24) is 34.4 Å². The second-order valence-corrected chi connectivity index (χ2v) is 9.39. The molecular weight excluding hydrogens is 494 g/mol. The number of likely N-dealkylation sites (tertiary alicyclic amines) is 1. The van der Waals surface area contributed by atoms with Crippen LogP contribution in [0.2, 0.25) is 0 Å². The molecule has 0 radical (unpaired) electrons. The molecule has 1 aliphatic rings. The third kappa shape index (κ3) is 5.19. The second kappa shape index (κ2) is 10.4. The molecule has 11 nitrogen and oxygen atoms in total. The van der Waals surface area contributed by atoms with Crippen molar-refractivity contribution in [3.05, 3.63) is 79.5 Å². The Hall–Kier alpha value is -5.06. The molecule has 0 unspecified atom stereocenters. The minimum Gasteiger partial charge on any atom is -0.457 e. The molecule has 5 heterocycles. The van der Waals surface area contributed by atoms with Crippen molar-refractivity contribution < 1.29 is 9.53 Å². The maximum absolute atomic E-state index is 12.1. The standard InChI is InChI=1S/C28H27N9O2/c1-3-26(38)36-11-4-5-20(15-36)33-24-9-7-22-27(35-24)28(31-16-29-22)34-19-6-8-23(18(2)13-19)39-21-10-12-37-25(14-21)30-17-32-37/h3,6-10,12-14,16-17,20H,1,4-5,11,15H2,2H3,(H,33,35)(H,29,31,34)/t20-/m1/s1. The highest BCUT2D eigenvalue weighted by molar-refractivity contribution is 5.88. The van der Waals surface area contributed by atoms with Gasteiger partial charge in [-0.05, 0) is 67.8 Å². The van der Waals surface area contributed by atoms with Crippen LogP contribution in [0.3, 0.4) is 0 Å². The fourth-order valence-electron chi connectivity index (χ4n) is 4.71. The summed E-state index contributed by atoms with van der Waals surface area (Å²) in [5, 5.41) is 11.0. The zero-order chi connectivity index (χ0) is 26.8. The van der Waals surface area contributed by atoms with Gasteiger partial charge in [0, 0.05) is 37.1 Å². The molecule has 1 aromatic carbocycles. The number of nitrogens with one attached hydrogen (secondary N) is 2. The van der Waals surface area contributed by atoms with Crippen molar-refractivity contribution in [3.63, 3.8) is 0 Å². The highest BCUT2D eigenvalue weighted by atomic mass is 16.5. The number of hydrogen-bond acceptors (Lipinski definition) is 9. The molecule has 11 heteroatoms. The number of carbonyl (C=O) groups excluding carboxylic acids is 1. The van der Waals surface area contributed by atoms with Gasteiger partial charge in [0.25, 0.3) is 0 Å². The first-order chi connectivity index (χ1) is 19.1. The lowest BCUT2D eigenvalue weighted by molar-refractivity contribution is -0.127. The van der Waals surface area contributed by atoms with Crippen LogP contribution in [-0.2, 0) is 4.79 Å². The molecule has 1 aliphatic heterocycles. The Morgan fingerprint density at radius 2 is 2.05 bits per heavy atom. The number of pyridine rings is 2. The third-order valence-electron chi connectivity index (χ3n) is 6.66. The number of piperidine rings is 1. The average Bonchev–Trinajstić information content (AvgIpc) is 3.43. The number of nitrogens with zero attached hydrogens (tertiary/aromatic N) is 7. The SMILES string of the molecule is C=CC(=O)N1CCC[C@@H](Nc2ccc3ncnc(Nc4ccc(Oc5ccn6ncnc6c5)c(C)c4)c3n2)C1. The molecule has 6 rings (SSSR count). The summed E-state index contributed by atoms with van der Waals surface area (Å²) in [4.78, 5) is 31.7. The predicted octanol–water partition coefficient (Wildman–Crippen LogP) is 4.50. The maximum Gasteiger partial charge on any atom is 0.246 e. The van der Waals surface area contributed by atoms with Gasteiger partial charge >= 0.3 is 0 Å². The number of anilines is 3. The minimum absolute atomic E-state index is 0.0454. The summed E-state index contributed by atoms with van der Waals surface area (Å²) in [6.07, 6.45) is 8.08. The van der Waals surface area contributed by atoms with E-state index in [1.54, 1.807) is 4.52 Å². The molecule has 1 atom stereocenters. The van der Waals surface area contributed by atoms with Gasteiger partial charge in [0.05, 0.1) is 5.52 Å². The summed E-state index contributed by atoms with van der Waals surface area (Å²) in [5.41, 5.74) is 3.89. The van der Waals surface area contributed by atoms with E-state index in [1.807, 2.05) is 60.5 Å². The zero-order valence-electron chi connectivity index (χ0n) is 21.4. The van der Waals surface area contributed by atoms with Gasteiger partial charge in [0.15, 0.2) is 11.5 Å². The van der Waals surface area contributed by atoms with Crippen LogP contribution < -0.4 is 15.4 Å². The van der Waals surface area contributed by atoms with Gasteiger partial charge in [0.2, 0.25) is 5.91 Å². The Morgan fingerprint density at radius 3 is 2.92 bits per heavy atom. The molecule has 1 saturated heterocycles. The summed E-state index contributed by atoms with van der Waals surface area (Å²) < 4.78 is 7.78. The van der Waals surface area contributed by atoms with E-state index in [1.165, 1.54) is 18.7 Å². The second-order valence-electron chi connectivity index (χ2n) is 9.39. The Balaban J connectivity index is 1.19. The fraction of sp³-hybridized carbons (Fsp3) is 0.214. The Bertz CT molecular complexity index is 1680. The van der Waals surface area contributed by atoms with Crippen LogP contribution in [0.25, 0.3) is 16.7 Å². The average molecular weight is 522 g/mol. The van der Waals surface area contributed by atoms with Crippen LogP contribution in [0.1, 0.15) is 18.4 Å². The van der Waals surface area contributed by atoms with Gasteiger partial charge in [-0.25, -0.2) is 24.5 Å². The van der Waals surface area contributed by atoms with Crippen molar-refractivity contribution in [1.29, 1.82) is 0 Å². The van der Waals surface area contributed by atoms with E-state index in [0.29, 0.717) is 35.1 Å². The first-order valence-electron chi connectivity index (χ1n) is 12.7. The summed E-state index contributed by atoms with van der Waals surface area (Å²) in [6, 6.07) is 13.5. The number of rotatable bonds is 7. The molecule has 0 saturated carbocycles. The van der Waals surface area contributed by atoms with Crippen molar-refractivity contribution in [2.75, 3.05) is 23.7 Å². The maximum atomic E-state index is 12.1. The molecule has 0 spiro atoms. The predicted molar refractivity (Wildman–Crippen MR) is 148 cm³/mol. The number of aromatic nitrogens is 6. The van der Waals surface area contributed by atoms with E-state index in [0.717, 1.165) is 41.9 Å². The third-order valence-corrected chi connectivity index (χ3v) is 6.66. The highest BCUT2D eigenvalue weighted by Gasteiger charge is 2.22. The molecule has 0 bridgehead atoms. The van der Waals surface area contributed by atoms with Crippen LogP contribution in [-0.4, -0.2) is 59.5 Å². The number of amides is 1. The first kappa shape index (κ1) is 24.3. The number of fused-ring (bicyclic) bond motifs is 2. The molecule has 2 N–H and O–H groups in total. The number of benzene rings is 1. The zero-order valence-corrected chi connectivity index (χ0v) is 21.4. The topological polar surface area (TPSA) is 122 Å². The Kier molecular flexibility index (Phi) is 6.45. The molecule has 5 aromatic rings. The lowest BCUT2D eigenvalue weighted by Crippen LogP contribution is -2.44. The quantitative estimate of drug-likeness (QED) is 0.298. The Labute approximate surface area is 224 Å². The monoisotopic (exact) mass is 521 g/mol. The number of carbonyl (C=O) groups is 1. The van der Waals surface area contributed by atoms with E-state index in [-0.39, 0.29) is 11.9 Å². The van der Waals surface area contributed by atoms with Crippen LogP contribution in [0.5, 0.6) is 11.5 Å². The van der Waals surface area contributed by atoms with Gasteiger partial charge in [-0.15, -0.1) is 0 Å². The molecule has 39 heavy (non-hydrogen) atoms. The van der Waals surface area contributed by atoms with E-state index < -0.39 is 0 Å². The van der Waals surface area contributed by atoms with Crippen LogP contribution in [0.4, 0.5) is 17.3 Å². The summed E-state index contributed by atoms with van der Waals surface area (Å²) in [6.45, 7) is 6.95. The van der Waals surface area contributed by atoms with Crippen molar-refractivity contribution in [2.24, 2.45) is 0 Å². The van der Waals surface area contributed by atoms with Crippen LogP contribution in [0, 0.1) is 6.92 Å². The number of aryl methyl sites for hydroxylation is 1. The summed E-state index contributed by atoms with van der Waals surface area (Å²) in [7, 11) is 0. The fourth-order valence-corrected chi connectivity index (χ4v) is 4.71. The van der Waals surface area contributed by atoms with Gasteiger partial charge in [-0.1, -0.05) is 6.58 Å². The van der Waals surface area contributed by atoms with Crippen LogP contribution in [0.15, 0.2) is 74.0 Å². The first-order valence-corrected chi connectivity index (χ1v) is 12.7. The van der Waals surface area contributed by atoms with Gasteiger partial charge in [0.1, 0.15) is 35.5 Å². The van der Waals surface area contributed by atoms with Gasteiger partial charge < -0.3 is 20.3 Å². The summed E-state index contributed by atoms with van der Waals surface area (Å²) in [5.74, 6) is 2.68. The van der Waals surface area contributed by atoms with E-state index in [9.17, 15) is 4.79 Å². The molecule has 1 amide bonds. The lowest BCUT2D eigenvalue weighted by Gasteiger charge is -2.32. The normalized spacial score (nSPS) is 15.3. The van der Waals surface area contributed by atoms with Gasteiger partial charge in [-0.3, -0.25) is 4.79 Å². The Morgan fingerprint density at radius 1 is 1.13 bits per heavy atom. The van der Waals surface area contributed by atoms with Crippen molar-refractivity contribution >= 4 is 39.9 Å². The molecule has 4 aromatic heterocycles. The highest BCUT2D eigenvalue weighted by Crippen LogP contribution is 2.30. The number of ether oxygens (including phenoxy) is 1. The molecule has 1 fully saturated rings. The van der Waals surface area contributed by atoms with E-state index in [4.69, 9.17) is 9.72 Å². The molecule has 196 valence electrons. The minimum atomic E-state index is -0.0454. The molecule has 0 aliphatic carbocycles. The van der Waals surface area contributed by atoms with Crippen molar-refractivity contribution in [3.8, 4) is 11.5 Å². The smallest absolute Gasteiger partial charge is 0.246 e. The lowest BCUT2D eigenvalue weighted by atomic mass is 10.1. The van der Waals surface area contributed by atoms with Crippen LogP contribution >= 0.6 is 0 Å². The van der Waals surface area contributed by atoms with E-state index >= 15 is 0 Å². The number of hydrogen-bond donors (Lipinski definition) is 2.